The van der Waals surface area contributed by atoms with Crippen LogP contribution in [0, 0.1) is 11.3 Å². The van der Waals surface area contributed by atoms with Gasteiger partial charge in [-0.05, 0) is 17.8 Å². The van der Waals surface area contributed by atoms with Crippen molar-refractivity contribution in [2.45, 2.75) is 66.7 Å². The molecule has 0 aromatic heterocycles. The van der Waals surface area contributed by atoms with E-state index in [1.54, 1.807) is 0 Å². The highest BCUT2D eigenvalue weighted by molar-refractivity contribution is 4.72. The highest BCUT2D eigenvalue weighted by Gasteiger charge is 2.21. The molecule has 0 heteroatoms. The Morgan fingerprint density at radius 2 is 1.58 bits per heavy atom. The number of hydrogen-bond acceptors (Lipinski definition) is 0. The van der Waals surface area contributed by atoms with Crippen LogP contribution in [-0.4, -0.2) is 0 Å². The third-order valence-electron chi connectivity index (χ3n) is 2.87. The van der Waals surface area contributed by atoms with Gasteiger partial charge in [0.05, 0.1) is 0 Å². The van der Waals surface area contributed by atoms with Crippen LogP contribution in [0.4, 0.5) is 0 Å². The lowest BCUT2D eigenvalue weighted by Crippen LogP contribution is -2.19. The van der Waals surface area contributed by atoms with E-state index in [1.165, 1.54) is 32.1 Å². The van der Waals surface area contributed by atoms with E-state index in [0.717, 1.165) is 5.92 Å². The molecule has 0 aliphatic carbocycles. The Bertz CT molecular complexity index is 97.1. The quantitative estimate of drug-likeness (QED) is 0.527. The zero-order valence-corrected chi connectivity index (χ0v) is 9.61. The Hall–Kier alpha value is 0. The fourth-order valence-electron chi connectivity index (χ4n) is 1.89. The van der Waals surface area contributed by atoms with Crippen LogP contribution >= 0.6 is 0 Å². The van der Waals surface area contributed by atoms with Gasteiger partial charge in [-0.25, -0.2) is 0 Å². The maximum Gasteiger partial charge on any atom is -0.0354 e. The Labute approximate surface area is 78.8 Å². The summed E-state index contributed by atoms with van der Waals surface area (Å²) >= 11 is 0. The van der Waals surface area contributed by atoms with E-state index < -0.39 is 0 Å². The fraction of sp³-hybridized carbons (Fsp3) is 1.00. The lowest BCUT2D eigenvalue weighted by Gasteiger charge is -2.29. The molecule has 1 atom stereocenters. The largest absolute Gasteiger partial charge is 0.0654 e. The van der Waals surface area contributed by atoms with E-state index in [-0.39, 0.29) is 0 Å². The molecule has 0 aromatic rings. The summed E-state index contributed by atoms with van der Waals surface area (Å²) < 4.78 is 0. The molecule has 0 spiro atoms. The van der Waals surface area contributed by atoms with Gasteiger partial charge >= 0.3 is 0 Å². The summed E-state index contributed by atoms with van der Waals surface area (Å²) in [4.78, 5) is 0. The highest BCUT2D eigenvalue weighted by Crippen LogP contribution is 2.32. The Morgan fingerprint density at radius 1 is 1.00 bits per heavy atom. The van der Waals surface area contributed by atoms with Crippen molar-refractivity contribution in [1.29, 1.82) is 0 Å². The molecular weight excluding hydrogens is 144 g/mol. The van der Waals surface area contributed by atoms with Crippen LogP contribution in [0.5, 0.6) is 0 Å². The molecule has 12 heavy (non-hydrogen) atoms. The predicted molar refractivity (Wildman–Crippen MR) is 57.4 cm³/mol. The molecule has 0 bridgehead atoms. The van der Waals surface area contributed by atoms with Gasteiger partial charge in [-0.1, -0.05) is 60.3 Å². The molecule has 0 radical (unpaired) electrons. The molecule has 0 rings (SSSR count). The summed E-state index contributed by atoms with van der Waals surface area (Å²) in [6.45, 7) is 11.7. The molecular formula is C12H26. The molecule has 0 heterocycles. The second-order valence-electron chi connectivity index (χ2n) is 4.97. The second-order valence-corrected chi connectivity index (χ2v) is 4.97. The molecule has 0 N–H and O–H groups in total. The van der Waals surface area contributed by atoms with Crippen molar-refractivity contribution < 1.29 is 0 Å². The van der Waals surface area contributed by atoms with Crippen molar-refractivity contribution in [1.82, 2.24) is 0 Å². The zero-order chi connectivity index (χ0) is 9.61. The van der Waals surface area contributed by atoms with Gasteiger partial charge < -0.3 is 0 Å². The summed E-state index contributed by atoms with van der Waals surface area (Å²) in [5.41, 5.74) is 0.516. The topological polar surface area (TPSA) is 0 Å². The van der Waals surface area contributed by atoms with E-state index >= 15 is 0 Å². The third-order valence-corrected chi connectivity index (χ3v) is 2.87. The normalized spacial score (nSPS) is 14.8. The molecule has 0 amide bonds. The van der Waals surface area contributed by atoms with Crippen LogP contribution in [0.2, 0.25) is 0 Å². The van der Waals surface area contributed by atoms with Crippen LogP contribution in [-0.2, 0) is 0 Å². The predicted octanol–water partition coefficient (Wildman–Crippen LogP) is 4.64. The van der Waals surface area contributed by atoms with Gasteiger partial charge in [0.15, 0.2) is 0 Å². The van der Waals surface area contributed by atoms with Crippen molar-refractivity contribution in [3.63, 3.8) is 0 Å². The van der Waals surface area contributed by atoms with Gasteiger partial charge in [-0.15, -0.1) is 0 Å². The Morgan fingerprint density at radius 3 is 1.92 bits per heavy atom. The van der Waals surface area contributed by atoms with Gasteiger partial charge in [0.1, 0.15) is 0 Å². The molecule has 0 saturated carbocycles. The van der Waals surface area contributed by atoms with Crippen LogP contribution in [0.1, 0.15) is 66.7 Å². The monoisotopic (exact) mass is 170 g/mol. The Kier molecular flexibility index (Phi) is 5.61. The summed E-state index contributed by atoms with van der Waals surface area (Å²) in [6.07, 6.45) is 6.94. The lowest BCUT2D eigenvalue weighted by atomic mass is 9.76. The number of hydrogen-bond donors (Lipinski definition) is 0. The molecule has 0 nitrogen and oxygen atoms in total. The van der Waals surface area contributed by atoms with Crippen LogP contribution in [0.25, 0.3) is 0 Å². The van der Waals surface area contributed by atoms with Gasteiger partial charge in [0.25, 0.3) is 0 Å². The SMILES string of the molecule is CCCCCC(CC)C(C)(C)C. The van der Waals surface area contributed by atoms with Crippen molar-refractivity contribution in [2.24, 2.45) is 11.3 Å². The smallest absolute Gasteiger partial charge is 0.0354 e. The molecule has 0 aliphatic heterocycles. The van der Waals surface area contributed by atoms with Crippen molar-refractivity contribution in [3.8, 4) is 0 Å². The first-order valence-corrected chi connectivity index (χ1v) is 5.52. The molecule has 0 aromatic carbocycles. The Balaban J connectivity index is 3.68. The minimum atomic E-state index is 0.516. The maximum atomic E-state index is 2.37. The summed E-state index contributed by atoms with van der Waals surface area (Å²) in [5.74, 6) is 0.920. The van der Waals surface area contributed by atoms with Gasteiger partial charge in [0, 0.05) is 0 Å². The average molecular weight is 170 g/mol. The molecule has 0 saturated heterocycles. The summed E-state index contributed by atoms with van der Waals surface area (Å²) in [5, 5.41) is 0. The van der Waals surface area contributed by atoms with E-state index in [2.05, 4.69) is 34.6 Å². The first-order valence-electron chi connectivity index (χ1n) is 5.52. The molecule has 0 aliphatic rings. The van der Waals surface area contributed by atoms with Crippen molar-refractivity contribution in [3.05, 3.63) is 0 Å². The van der Waals surface area contributed by atoms with E-state index in [4.69, 9.17) is 0 Å². The second kappa shape index (κ2) is 5.61. The van der Waals surface area contributed by atoms with E-state index in [9.17, 15) is 0 Å². The molecule has 0 fully saturated rings. The minimum absolute atomic E-state index is 0.516. The van der Waals surface area contributed by atoms with E-state index in [1.807, 2.05) is 0 Å². The molecule has 74 valence electrons. The zero-order valence-electron chi connectivity index (χ0n) is 9.61. The van der Waals surface area contributed by atoms with Crippen molar-refractivity contribution in [2.75, 3.05) is 0 Å². The average Bonchev–Trinajstić information content (AvgIpc) is 1.95. The third kappa shape index (κ3) is 4.79. The minimum Gasteiger partial charge on any atom is -0.0654 e. The standard InChI is InChI=1S/C12H26/c1-6-8-9-10-11(7-2)12(3,4)5/h11H,6-10H2,1-5H3. The number of rotatable bonds is 5. The van der Waals surface area contributed by atoms with Gasteiger partial charge in [0.2, 0.25) is 0 Å². The van der Waals surface area contributed by atoms with Crippen LogP contribution in [0.3, 0.4) is 0 Å². The van der Waals surface area contributed by atoms with Crippen LogP contribution < -0.4 is 0 Å². The fourth-order valence-corrected chi connectivity index (χ4v) is 1.89. The highest BCUT2D eigenvalue weighted by atomic mass is 14.3. The van der Waals surface area contributed by atoms with Crippen LogP contribution in [0.15, 0.2) is 0 Å². The van der Waals surface area contributed by atoms with E-state index in [0.29, 0.717) is 5.41 Å². The summed E-state index contributed by atoms with van der Waals surface area (Å²) in [7, 11) is 0. The van der Waals surface area contributed by atoms with Gasteiger partial charge in [-0.2, -0.15) is 0 Å². The maximum absolute atomic E-state index is 2.37. The van der Waals surface area contributed by atoms with Gasteiger partial charge in [-0.3, -0.25) is 0 Å². The number of unbranched alkanes of at least 4 members (excludes halogenated alkanes) is 2. The molecule has 1 unspecified atom stereocenters. The van der Waals surface area contributed by atoms with Crippen molar-refractivity contribution >= 4 is 0 Å². The lowest BCUT2D eigenvalue weighted by molar-refractivity contribution is 0.213. The first-order chi connectivity index (χ1) is 5.52. The summed E-state index contributed by atoms with van der Waals surface area (Å²) in [6, 6.07) is 0. The first kappa shape index (κ1) is 12.0.